The summed E-state index contributed by atoms with van der Waals surface area (Å²) in [6.07, 6.45) is 1.13. The van der Waals surface area contributed by atoms with Crippen LogP contribution >= 0.6 is 11.3 Å². The van der Waals surface area contributed by atoms with E-state index in [0.29, 0.717) is 0 Å². The summed E-state index contributed by atoms with van der Waals surface area (Å²) >= 11 is 1.91. The lowest BCUT2D eigenvalue weighted by Crippen LogP contribution is -3.00. The first-order chi connectivity index (χ1) is 6.36. The minimum atomic E-state index is 0. The van der Waals surface area contributed by atoms with Gasteiger partial charge in [-0.2, -0.15) is 4.57 Å². The number of fused-ring (bicyclic) bond motifs is 1. The van der Waals surface area contributed by atoms with E-state index >= 15 is 0 Å². The Bertz CT molecular complexity index is 422. The molecule has 0 bridgehead atoms. The fraction of sp³-hybridized carbons (Fsp3) is 0.364. The second-order valence-corrected chi connectivity index (χ2v) is 4.18. The third-order valence-corrected chi connectivity index (χ3v) is 3.61. The molecule has 0 aliphatic heterocycles. The molecule has 0 fully saturated rings. The van der Waals surface area contributed by atoms with Crippen molar-refractivity contribution >= 4 is 21.6 Å². The minimum absolute atomic E-state index is 0. The molecule has 0 amide bonds. The monoisotopic (exact) mass is 319 g/mol. The number of rotatable bonds is 2. The van der Waals surface area contributed by atoms with Crippen LogP contribution in [0.1, 0.15) is 18.9 Å². The molecule has 2 rings (SSSR count). The topological polar surface area (TPSA) is 3.88 Å². The molecular formula is C11H14INS. The molecule has 0 radical (unpaired) electrons. The zero-order valence-electron chi connectivity index (χ0n) is 8.46. The number of aromatic nitrogens is 1. The largest absolute Gasteiger partial charge is 1.00 e. The van der Waals surface area contributed by atoms with E-state index < -0.39 is 0 Å². The number of thiazole rings is 1. The zero-order chi connectivity index (χ0) is 9.26. The molecule has 1 aromatic heterocycles. The minimum Gasteiger partial charge on any atom is -1.00 e. The van der Waals surface area contributed by atoms with Crippen LogP contribution in [0, 0.1) is 0 Å². The van der Waals surface area contributed by atoms with Gasteiger partial charge in [0.1, 0.15) is 11.2 Å². The van der Waals surface area contributed by atoms with Crippen LogP contribution < -0.4 is 28.5 Å². The van der Waals surface area contributed by atoms with E-state index in [1.807, 2.05) is 11.3 Å². The Morgan fingerprint density at radius 1 is 1.21 bits per heavy atom. The number of aryl methyl sites for hydroxylation is 2. The maximum absolute atomic E-state index is 2.40. The van der Waals surface area contributed by atoms with Gasteiger partial charge in [-0.3, -0.25) is 0 Å². The highest BCUT2D eigenvalue weighted by Gasteiger charge is 2.15. The highest BCUT2D eigenvalue weighted by atomic mass is 127. The maximum Gasteiger partial charge on any atom is 0.238 e. The van der Waals surface area contributed by atoms with Crippen molar-refractivity contribution < 1.29 is 28.5 Å². The number of benzene rings is 1. The summed E-state index contributed by atoms with van der Waals surface area (Å²) in [5.74, 6) is 0. The van der Waals surface area contributed by atoms with Gasteiger partial charge in [0.2, 0.25) is 10.5 Å². The van der Waals surface area contributed by atoms with Crippen molar-refractivity contribution in [3.05, 3.63) is 29.3 Å². The van der Waals surface area contributed by atoms with Gasteiger partial charge in [0.05, 0.1) is 0 Å². The molecule has 76 valence electrons. The molecule has 2 aromatic rings. The highest BCUT2D eigenvalue weighted by Crippen LogP contribution is 2.19. The first-order valence-corrected chi connectivity index (χ1v) is 5.58. The lowest BCUT2D eigenvalue weighted by Gasteiger charge is -1.90. The van der Waals surface area contributed by atoms with Crippen LogP contribution in [0.15, 0.2) is 24.3 Å². The molecule has 0 aliphatic carbocycles. The summed E-state index contributed by atoms with van der Waals surface area (Å²) in [4.78, 5) is 0. The third-order valence-electron chi connectivity index (χ3n) is 2.30. The van der Waals surface area contributed by atoms with Crippen LogP contribution in [0.4, 0.5) is 0 Å². The zero-order valence-corrected chi connectivity index (χ0v) is 11.4. The van der Waals surface area contributed by atoms with Gasteiger partial charge in [0, 0.05) is 12.5 Å². The standard InChI is InChI=1S/C11H14NS.HI/c1-3-11-12(4-2)9-7-5-6-8-10(9)13-11;/h5-8H,3-4H2,1-2H3;1H/q+1;/p-1. The number of hydrogen-bond donors (Lipinski definition) is 0. The second-order valence-electron chi connectivity index (χ2n) is 3.06. The second kappa shape index (κ2) is 5.07. The number of nitrogens with zero attached hydrogens (tertiary/aromatic N) is 1. The van der Waals surface area contributed by atoms with E-state index in [2.05, 4.69) is 42.7 Å². The molecule has 0 atom stereocenters. The van der Waals surface area contributed by atoms with Crippen LogP contribution in [0.3, 0.4) is 0 Å². The van der Waals surface area contributed by atoms with Gasteiger partial charge in [-0.25, -0.2) is 0 Å². The summed E-state index contributed by atoms with van der Waals surface area (Å²) in [5.41, 5.74) is 1.38. The molecule has 3 heteroatoms. The number of para-hydroxylation sites is 1. The lowest BCUT2D eigenvalue weighted by atomic mass is 10.3. The fourth-order valence-corrected chi connectivity index (χ4v) is 2.86. The first kappa shape index (κ1) is 11.9. The van der Waals surface area contributed by atoms with Gasteiger partial charge < -0.3 is 24.0 Å². The van der Waals surface area contributed by atoms with E-state index in [4.69, 9.17) is 0 Å². The van der Waals surface area contributed by atoms with Crippen LogP contribution in [0.2, 0.25) is 0 Å². The molecule has 0 saturated carbocycles. The van der Waals surface area contributed by atoms with Gasteiger partial charge in [0.25, 0.3) is 0 Å². The molecule has 0 N–H and O–H groups in total. The predicted octanol–water partition coefficient (Wildman–Crippen LogP) is -0.225. The molecule has 1 heterocycles. The Balaban J connectivity index is 0.000000980. The van der Waals surface area contributed by atoms with Crippen molar-refractivity contribution in [3.63, 3.8) is 0 Å². The van der Waals surface area contributed by atoms with E-state index in [9.17, 15) is 0 Å². The summed E-state index contributed by atoms with van der Waals surface area (Å²) in [6, 6.07) is 8.62. The average Bonchev–Trinajstić information content (AvgIpc) is 2.55. The van der Waals surface area contributed by atoms with Crippen molar-refractivity contribution in [2.24, 2.45) is 0 Å². The first-order valence-electron chi connectivity index (χ1n) is 4.77. The summed E-state index contributed by atoms with van der Waals surface area (Å²) < 4.78 is 3.81. The van der Waals surface area contributed by atoms with E-state index in [1.54, 1.807) is 0 Å². The summed E-state index contributed by atoms with van der Waals surface area (Å²) in [6.45, 7) is 5.50. The number of halogens is 1. The Labute approximate surface area is 106 Å². The summed E-state index contributed by atoms with van der Waals surface area (Å²) in [7, 11) is 0. The van der Waals surface area contributed by atoms with Gasteiger partial charge in [-0.15, -0.1) is 0 Å². The molecule has 0 spiro atoms. The fourth-order valence-electron chi connectivity index (χ4n) is 1.69. The molecule has 0 unspecified atom stereocenters. The number of hydrogen-bond acceptors (Lipinski definition) is 1. The van der Waals surface area contributed by atoms with Crippen LogP contribution in [-0.4, -0.2) is 0 Å². The molecule has 0 saturated heterocycles. The Kier molecular flexibility index (Phi) is 4.31. The third kappa shape index (κ3) is 1.93. The van der Waals surface area contributed by atoms with Crippen molar-refractivity contribution in [2.45, 2.75) is 26.8 Å². The normalized spacial score (nSPS) is 10.1. The van der Waals surface area contributed by atoms with E-state index in [1.165, 1.54) is 15.2 Å². The van der Waals surface area contributed by atoms with Crippen LogP contribution in [0.25, 0.3) is 10.2 Å². The van der Waals surface area contributed by atoms with Crippen molar-refractivity contribution in [2.75, 3.05) is 0 Å². The Morgan fingerprint density at radius 3 is 2.57 bits per heavy atom. The SMILES string of the molecule is CCc1sc2ccccc2[n+]1CC.[I-]. The maximum atomic E-state index is 2.40. The molecule has 1 nitrogen and oxygen atoms in total. The molecule has 0 aliphatic rings. The smallest absolute Gasteiger partial charge is 0.238 e. The summed E-state index contributed by atoms with van der Waals surface area (Å²) in [5, 5.41) is 1.48. The van der Waals surface area contributed by atoms with Gasteiger partial charge >= 0.3 is 0 Å². The van der Waals surface area contributed by atoms with Crippen molar-refractivity contribution in [1.29, 1.82) is 0 Å². The molecule has 1 aromatic carbocycles. The van der Waals surface area contributed by atoms with Crippen molar-refractivity contribution in [1.82, 2.24) is 0 Å². The average molecular weight is 319 g/mol. The Morgan fingerprint density at radius 2 is 1.93 bits per heavy atom. The van der Waals surface area contributed by atoms with Gasteiger partial charge in [-0.1, -0.05) is 30.4 Å². The Hall–Kier alpha value is -0.160. The molecule has 14 heavy (non-hydrogen) atoms. The highest BCUT2D eigenvalue weighted by molar-refractivity contribution is 7.18. The van der Waals surface area contributed by atoms with Gasteiger partial charge in [0.15, 0.2) is 0 Å². The van der Waals surface area contributed by atoms with Crippen molar-refractivity contribution in [3.8, 4) is 0 Å². The predicted molar refractivity (Wildman–Crippen MR) is 57.1 cm³/mol. The van der Waals surface area contributed by atoms with E-state index in [-0.39, 0.29) is 24.0 Å². The van der Waals surface area contributed by atoms with Crippen LogP contribution in [-0.2, 0) is 13.0 Å². The van der Waals surface area contributed by atoms with Crippen LogP contribution in [0.5, 0.6) is 0 Å². The quantitative estimate of drug-likeness (QED) is 0.532. The van der Waals surface area contributed by atoms with Gasteiger partial charge in [-0.05, 0) is 13.0 Å². The van der Waals surface area contributed by atoms with E-state index in [0.717, 1.165) is 13.0 Å². The molecular weight excluding hydrogens is 305 g/mol. The lowest BCUT2D eigenvalue weighted by molar-refractivity contribution is -0.670.